The summed E-state index contributed by atoms with van der Waals surface area (Å²) in [6, 6.07) is 12.4. The number of anilines is 1. The number of hydrogen-bond donors (Lipinski definition) is 1. The first-order chi connectivity index (χ1) is 13.1. The van der Waals surface area contributed by atoms with Crippen molar-refractivity contribution in [2.75, 3.05) is 19.1 Å². The third kappa shape index (κ3) is 4.66. The maximum Gasteiger partial charge on any atom is 0.262 e. The van der Waals surface area contributed by atoms with Crippen molar-refractivity contribution in [3.05, 3.63) is 68.4 Å². The minimum absolute atomic E-state index is 0.121. The molecule has 3 aromatic rings. The van der Waals surface area contributed by atoms with Gasteiger partial charge in [-0.05, 0) is 36.2 Å². The molecule has 3 rings (SSSR count). The van der Waals surface area contributed by atoms with Gasteiger partial charge in [-0.2, -0.15) is 5.10 Å². The van der Waals surface area contributed by atoms with Gasteiger partial charge in [-0.25, -0.2) is 10.4 Å². The molecule has 140 valence electrons. The lowest BCUT2D eigenvalue weighted by Gasteiger charge is -2.12. The van der Waals surface area contributed by atoms with E-state index in [1.54, 1.807) is 48.2 Å². The van der Waals surface area contributed by atoms with Crippen molar-refractivity contribution in [3.8, 4) is 0 Å². The van der Waals surface area contributed by atoms with Crippen molar-refractivity contribution in [1.82, 2.24) is 9.55 Å². The van der Waals surface area contributed by atoms with Crippen molar-refractivity contribution >= 4 is 46.3 Å². The molecule has 0 amide bonds. The smallest absolute Gasteiger partial charge is 0.262 e. The van der Waals surface area contributed by atoms with Crippen LogP contribution in [0.5, 0.6) is 0 Å². The van der Waals surface area contributed by atoms with E-state index in [1.807, 2.05) is 12.1 Å². The second-order valence-corrected chi connectivity index (χ2v) is 6.61. The molecule has 8 heteroatoms. The number of hydrogen-bond acceptors (Lipinski definition) is 5. The average Bonchev–Trinajstić information content (AvgIpc) is 2.67. The number of aromatic nitrogens is 2. The molecule has 6 nitrogen and oxygen atoms in total. The molecule has 0 atom stereocenters. The highest BCUT2D eigenvalue weighted by atomic mass is 35.5. The number of nitrogens with one attached hydrogen (secondary N) is 1. The normalized spacial score (nSPS) is 11.4. The molecule has 0 aliphatic carbocycles. The van der Waals surface area contributed by atoms with Crippen LogP contribution in [0.1, 0.15) is 12.0 Å². The summed E-state index contributed by atoms with van der Waals surface area (Å²) in [6.45, 7) is 1.01. The van der Waals surface area contributed by atoms with Gasteiger partial charge in [-0.15, -0.1) is 0 Å². The molecule has 0 unspecified atom stereocenters. The number of rotatable bonds is 7. The van der Waals surface area contributed by atoms with E-state index < -0.39 is 0 Å². The highest BCUT2D eigenvalue weighted by Crippen LogP contribution is 2.21. The van der Waals surface area contributed by atoms with Gasteiger partial charge in [0.25, 0.3) is 5.56 Å². The van der Waals surface area contributed by atoms with E-state index in [2.05, 4.69) is 15.5 Å². The Morgan fingerprint density at radius 1 is 1.22 bits per heavy atom. The largest absolute Gasteiger partial charge is 0.385 e. The number of methoxy groups -OCH3 is 1. The Labute approximate surface area is 166 Å². The fourth-order valence-corrected chi connectivity index (χ4v) is 2.89. The van der Waals surface area contributed by atoms with Crippen molar-refractivity contribution < 1.29 is 4.74 Å². The van der Waals surface area contributed by atoms with Crippen LogP contribution < -0.4 is 11.0 Å². The van der Waals surface area contributed by atoms with Gasteiger partial charge >= 0.3 is 0 Å². The lowest BCUT2D eigenvalue weighted by Crippen LogP contribution is -2.24. The summed E-state index contributed by atoms with van der Waals surface area (Å²) in [6.07, 6.45) is 2.27. The maximum absolute atomic E-state index is 12.8. The number of nitrogens with zero attached hydrogens (tertiary/aromatic N) is 3. The van der Waals surface area contributed by atoms with Crippen LogP contribution in [0.3, 0.4) is 0 Å². The van der Waals surface area contributed by atoms with Gasteiger partial charge in [0, 0.05) is 20.3 Å². The van der Waals surface area contributed by atoms with Gasteiger partial charge in [-0.3, -0.25) is 9.36 Å². The zero-order valence-electron chi connectivity index (χ0n) is 14.7. The Kier molecular flexibility index (Phi) is 6.45. The third-order valence-corrected chi connectivity index (χ3v) is 4.65. The SMILES string of the molecule is COCCCn1c(N/N=C\c2ccc(Cl)c(Cl)c2)nc2ccccc2c1=O. The Morgan fingerprint density at radius 3 is 2.81 bits per heavy atom. The summed E-state index contributed by atoms with van der Waals surface area (Å²) in [4.78, 5) is 17.3. The van der Waals surface area contributed by atoms with Gasteiger partial charge in [0.05, 0.1) is 27.2 Å². The molecule has 0 fully saturated rings. The zero-order chi connectivity index (χ0) is 19.2. The number of fused-ring (bicyclic) bond motifs is 1. The number of ether oxygens (including phenoxy) is 1. The van der Waals surface area contributed by atoms with Gasteiger partial charge in [0.15, 0.2) is 0 Å². The summed E-state index contributed by atoms with van der Waals surface area (Å²) in [5.41, 5.74) is 4.12. The quantitative estimate of drug-likeness (QED) is 0.364. The molecule has 1 N–H and O–H groups in total. The number of hydrazone groups is 1. The standard InChI is InChI=1S/C19H18Cl2N4O2/c1-27-10-4-9-25-18(26)14-5-2-3-6-17(14)23-19(25)24-22-12-13-7-8-15(20)16(21)11-13/h2-3,5-8,11-12H,4,9-10H2,1H3,(H,23,24)/b22-12-. The Hall–Kier alpha value is -2.41. The first kappa shape index (κ1) is 19.4. The summed E-state index contributed by atoms with van der Waals surface area (Å²) < 4.78 is 6.64. The van der Waals surface area contributed by atoms with Crippen molar-refractivity contribution in [3.63, 3.8) is 0 Å². The molecule has 0 radical (unpaired) electrons. The molecule has 27 heavy (non-hydrogen) atoms. The molecular formula is C19H18Cl2N4O2. The lowest BCUT2D eigenvalue weighted by atomic mass is 10.2. The van der Waals surface area contributed by atoms with Crippen LogP contribution in [0.15, 0.2) is 52.4 Å². The van der Waals surface area contributed by atoms with Crippen molar-refractivity contribution in [1.29, 1.82) is 0 Å². The molecule has 0 saturated heterocycles. The van der Waals surface area contributed by atoms with E-state index in [4.69, 9.17) is 27.9 Å². The van der Waals surface area contributed by atoms with E-state index in [0.29, 0.717) is 46.5 Å². The highest BCUT2D eigenvalue weighted by molar-refractivity contribution is 6.42. The second kappa shape index (κ2) is 8.99. The van der Waals surface area contributed by atoms with Crippen LogP contribution in [0.2, 0.25) is 10.0 Å². The van der Waals surface area contributed by atoms with Crippen molar-refractivity contribution in [2.24, 2.45) is 5.10 Å². The van der Waals surface area contributed by atoms with Gasteiger partial charge in [0.2, 0.25) is 5.95 Å². The first-order valence-corrected chi connectivity index (χ1v) is 9.08. The summed E-state index contributed by atoms with van der Waals surface area (Å²) >= 11 is 11.9. The van der Waals surface area contributed by atoms with E-state index in [1.165, 1.54) is 0 Å². The fraction of sp³-hybridized carbons (Fsp3) is 0.211. The molecular weight excluding hydrogens is 387 g/mol. The Bertz CT molecular complexity index is 1030. The van der Waals surface area contributed by atoms with E-state index in [-0.39, 0.29) is 5.56 Å². The summed E-state index contributed by atoms with van der Waals surface area (Å²) in [7, 11) is 1.63. The van der Waals surface area contributed by atoms with Crippen LogP contribution >= 0.6 is 23.2 Å². The highest BCUT2D eigenvalue weighted by Gasteiger charge is 2.10. The minimum atomic E-state index is -0.121. The molecule has 0 aliphatic heterocycles. The van der Waals surface area contributed by atoms with E-state index in [0.717, 1.165) is 5.56 Å². The molecule has 0 spiro atoms. The zero-order valence-corrected chi connectivity index (χ0v) is 16.2. The lowest BCUT2D eigenvalue weighted by molar-refractivity contribution is 0.190. The first-order valence-electron chi connectivity index (χ1n) is 8.33. The second-order valence-electron chi connectivity index (χ2n) is 5.80. The minimum Gasteiger partial charge on any atom is -0.385 e. The van der Waals surface area contributed by atoms with Crippen LogP contribution in [0.25, 0.3) is 10.9 Å². The third-order valence-electron chi connectivity index (χ3n) is 3.91. The van der Waals surface area contributed by atoms with Gasteiger partial charge < -0.3 is 4.74 Å². The van der Waals surface area contributed by atoms with Crippen molar-refractivity contribution in [2.45, 2.75) is 13.0 Å². The molecule has 2 aromatic carbocycles. The number of para-hydroxylation sites is 1. The number of halogens is 2. The number of benzene rings is 2. The Balaban J connectivity index is 1.91. The monoisotopic (exact) mass is 404 g/mol. The molecule has 1 aromatic heterocycles. The topological polar surface area (TPSA) is 68.5 Å². The van der Waals surface area contributed by atoms with Crippen LogP contribution in [0, 0.1) is 0 Å². The predicted octanol–water partition coefficient (Wildman–Crippen LogP) is 4.19. The average molecular weight is 405 g/mol. The predicted molar refractivity (Wildman–Crippen MR) is 110 cm³/mol. The molecule has 0 bridgehead atoms. The molecule has 1 heterocycles. The molecule has 0 saturated carbocycles. The summed E-state index contributed by atoms with van der Waals surface area (Å²) in [5.74, 6) is 0.367. The molecule has 0 aliphatic rings. The van der Waals surface area contributed by atoms with Gasteiger partial charge in [-0.1, -0.05) is 41.4 Å². The fourth-order valence-electron chi connectivity index (χ4n) is 2.59. The van der Waals surface area contributed by atoms with E-state index in [9.17, 15) is 4.79 Å². The van der Waals surface area contributed by atoms with Crippen LogP contribution in [-0.4, -0.2) is 29.5 Å². The Morgan fingerprint density at radius 2 is 2.04 bits per heavy atom. The maximum atomic E-state index is 12.8. The van der Waals surface area contributed by atoms with E-state index >= 15 is 0 Å². The summed E-state index contributed by atoms with van der Waals surface area (Å²) in [5, 5.41) is 5.68. The van der Waals surface area contributed by atoms with Crippen LogP contribution in [0.4, 0.5) is 5.95 Å². The van der Waals surface area contributed by atoms with Crippen LogP contribution in [-0.2, 0) is 11.3 Å². The van der Waals surface area contributed by atoms with Gasteiger partial charge in [0.1, 0.15) is 0 Å².